The van der Waals surface area contributed by atoms with E-state index in [1.165, 1.54) is 11.1 Å². The third kappa shape index (κ3) is 15.8. The first-order chi connectivity index (χ1) is 9.70. The molecule has 2 N–H and O–H groups in total. The van der Waals surface area contributed by atoms with Gasteiger partial charge in [-0.3, -0.25) is 4.57 Å². The van der Waals surface area contributed by atoms with Gasteiger partial charge in [0.15, 0.2) is 0 Å². The number of rotatable bonds is 10. The summed E-state index contributed by atoms with van der Waals surface area (Å²) >= 11 is 6.01. The van der Waals surface area contributed by atoms with Gasteiger partial charge in [0.2, 0.25) is 0 Å². The molecule has 0 radical (unpaired) electrons. The predicted octanol–water partition coefficient (Wildman–Crippen LogP) is 4.73. The highest BCUT2D eigenvalue weighted by atomic mass is 35.5. The lowest BCUT2D eigenvalue weighted by Gasteiger charge is -2.03. The van der Waals surface area contributed by atoms with Crippen molar-refractivity contribution in [2.24, 2.45) is 0 Å². The topological polar surface area (TPSA) is 66.8 Å². The molecule has 0 atom stereocenters. The normalized spacial score (nSPS) is 13.4. The number of halogens is 1. The maximum atomic E-state index is 10.6. The van der Waals surface area contributed by atoms with Gasteiger partial charge < -0.3 is 14.5 Å². The first-order valence-corrected chi connectivity index (χ1v) is 9.14. The van der Waals surface area contributed by atoms with Gasteiger partial charge >= 0.3 is 7.60 Å². The molecular weight excluding hydrogens is 311 g/mol. The summed E-state index contributed by atoms with van der Waals surface area (Å²) in [5.41, 5.74) is 2.68. The molecule has 0 saturated heterocycles. The lowest BCUT2D eigenvalue weighted by atomic mass is 10.1. The summed E-state index contributed by atoms with van der Waals surface area (Å²) < 4.78 is 15.4. The zero-order chi connectivity index (χ0) is 16.3. The highest BCUT2D eigenvalue weighted by Gasteiger charge is 2.11. The van der Waals surface area contributed by atoms with E-state index >= 15 is 0 Å². The SMILES string of the molecule is CC(C)=CCCC(C)=CCCC(Cl)=CCOCP(=O)(O)O. The number of allylic oxidation sites excluding steroid dienone is 5. The molecule has 0 heterocycles. The van der Waals surface area contributed by atoms with Gasteiger partial charge in [0.1, 0.15) is 6.35 Å². The van der Waals surface area contributed by atoms with E-state index < -0.39 is 13.9 Å². The highest BCUT2D eigenvalue weighted by Crippen LogP contribution is 2.33. The van der Waals surface area contributed by atoms with Gasteiger partial charge in [0, 0.05) is 5.03 Å². The van der Waals surface area contributed by atoms with Crippen LogP contribution in [0.5, 0.6) is 0 Å². The lowest BCUT2D eigenvalue weighted by Crippen LogP contribution is -1.95. The Balaban J connectivity index is 3.88. The van der Waals surface area contributed by atoms with Crippen molar-refractivity contribution in [2.45, 2.75) is 46.5 Å². The largest absolute Gasteiger partial charge is 0.365 e. The molecule has 0 spiro atoms. The quantitative estimate of drug-likeness (QED) is 0.344. The summed E-state index contributed by atoms with van der Waals surface area (Å²) in [6.07, 6.45) is 9.15. The minimum Gasteiger partial charge on any atom is -0.365 e. The standard InChI is InChI=1S/C15H26ClO4P/c1-13(2)6-4-7-14(3)8-5-9-15(16)10-11-20-12-21(17,18)19/h6,8,10H,4-5,7,9,11-12H2,1-3H3,(H2,17,18,19). The molecule has 0 aromatic heterocycles. The van der Waals surface area contributed by atoms with Crippen molar-refractivity contribution in [1.29, 1.82) is 0 Å². The van der Waals surface area contributed by atoms with Gasteiger partial charge in [-0.1, -0.05) is 34.9 Å². The van der Waals surface area contributed by atoms with Crippen molar-refractivity contribution in [2.75, 3.05) is 13.0 Å². The lowest BCUT2D eigenvalue weighted by molar-refractivity contribution is 0.184. The molecule has 0 aliphatic carbocycles. The Morgan fingerprint density at radius 3 is 2.29 bits per heavy atom. The van der Waals surface area contributed by atoms with Gasteiger partial charge in [0.05, 0.1) is 6.61 Å². The van der Waals surface area contributed by atoms with Crippen molar-refractivity contribution < 1.29 is 19.1 Å². The Morgan fingerprint density at radius 1 is 1.10 bits per heavy atom. The molecule has 0 aliphatic heterocycles. The molecule has 6 heteroatoms. The van der Waals surface area contributed by atoms with Crippen LogP contribution in [0.3, 0.4) is 0 Å². The number of hydrogen-bond acceptors (Lipinski definition) is 2. The molecular formula is C15H26ClO4P. The molecule has 0 aliphatic rings. The van der Waals surface area contributed by atoms with Crippen LogP contribution in [0.2, 0.25) is 0 Å². The summed E-state index contributed by atoms with van der Waals surface area (Å²) in [5, 5.41) is 0.647. The van der Waals surface area contributed by atoms with E-state index in [2.05, 4.69) is 32.9 Å². The molecule has 0 rings (SSSR count). The van der Waals surface area contributed by atoms with E-state index in [1.54, 1.807) is 6.08 Å². The molecule has 0 saturated carbocycles. The van der Waals surface area contributed by atoms with Gasteiger partial charge in [-0.2, -0.15) is 0 Å². The van der Waals surface area contributed by atoms with Crippen LogP contribution in [0.15, 0.2) is 34.4 Å². The molecule has 4 nitrogen and oxygen atoms in total. The predicted molar refractivity (Wildman–Crippen MR) is 88.5 cm³/mol. The molecule has 0 aromatic rings. The zero-order valence-electron chi connectivity index (χ0n) is 13.0. The highest BCUT2D eigenvalue weighted by molar-refractivity contribution is 7.51. The van der Waals surface area contributed by atoms with Crippen LogP contribution in [0.25, 0.3) is 0 Å². The maximum absolute atomic E-state index is 10.6. The van der Waals surface area contributed by atoms with Gasteiger partial charge in [0.25, 0.3) is 0 Å². The van der Waals surface area contributed by atoms with E-state index in [4.69, 9.17) is 26.1 Å². The molecule has 0 aromatic carbocycles. The Kier molecular flexibility index (Phi) is 11.0. The maximum Gasteiger partial charge on any atom is 0.350 e. The first kappa shape index (κ1) is 20.6. The van der Waals surface area contributed by atoms with Crippen LogP contribution in [-0.2, 0) is 9.30 Å². The summed E-state index contributed by atoms with van der Waals surface area (Å²) in [7, 11) is -4.09. The van der Waals surface area contributed by atoms with E-state index in [1.807, 2.05) is 0 Å². The van der Waals surface area contributed by atoms with E-state index in [-0.39, 0.29) is 6.61 Å². The average molecular weight is 337 g/mol. The Bertz CT molecular complexity index is 431. The summed E-state index contributed by atoms with van der Waals surface area (Å²) in [6, 6.07) is 0. The minimum atomic E-state index is -4.09. The summed E-state index contributed by atoms with van der Waals surface area (Å²) in [5.74, 6) is 0. The van der Waals surface area contributed by atoms with Crippen LogP contribution in [0.4, 0.5) is 0 Å². The molecule has 0 fully saturated rings. The fourth-order valence-corrected chi connectivity index (χ4v) is 2.09. The van der Waals surface area contributed by atoms with Crippen LogP contribution in [0, 0.1) is 0 Å². The smallest absolute Gasteiger partial charge is 0.350 e. The van der Waals surface area contributed by atoms with Crippen molar-refractivity contribution in [1.82, 2.24) is 0 Å². The molecule has 21 heavy (non-hydrogen) atoms. The Hall–Kier alpha value is -0.380. The fourth-order valence-electron chi connectivity index (χ4n) is 1.57. The van der Waals surface area contributed by atoms with Crippen molar-refractivity contribution >= 4 is 19.2 Å². The van der Waals surface area contributed by atoms with Crippen LogP contribution < -0.4 is 0 Å². The van der Waals surface area contributed by atoms with E-state index in [0.29, 0.717) is 11.5 Å². The third-order valence-corrected chi connectivity index (χ3v) is 3.51. The molecule has 0 unspecified atom stereocenters. The van der Waals surface area contributed by atoms with Crippen molar-refractivity contribution in [3.63, 3.8) is 0 Å². The van der Waals surface area contributed by atoms with Gasteiger partial charge in [-0.15, -0.1) is 0 Å². The number of ether oxygens (including phenoxy) is 1. The monoisotopic (exact) mass is 336 g/mol. The minimum absolute atomic E-state index is 0.118. The van der Waals surface area contributed by atoms with Crippen molar-refractivity contribution in [3.05, 3.63) is 34.4 Å². The van der Waals surface area contributed by atoms with Crippen LogP contribution in [0.1, 0.15) is 46.5 Å². The van der Waals surface area contributed by atoms with Gasteiger partial charge in [-0.25, -0.2) is 0 Å². The van der Waals surface area contributed by atoms with Crippen molar-refractivity contribution in [3.8, 4) is 0 Å². The van der Waals surface area contributed by atoms with E-state index in [9.17, 15) is 4.57 Å². The first-order valence-electron chi connectivity index (χ1n) is 6.96. The second-order valence-electron chi connectivity index (χ2n) is 5.22. The second-order valence-corrected chi connectivity index (χ2v) is 7.30. The van der Waals surface area contributed by atoms with Crippen LogP contribution in [-0.4, -0.2) is 22.7 Å². The second kappa shape index (κ2) is 11.2. The summed E-state index contributed by atoms with van der Waals surface area (Å²) in [4.78, 5) is 17.2. The summed E-state index contributed by atoms with van der Waals surface area (Å²) in [6.45, 7) is 6.42. The fraction of sp³-hybridized carbons (Fsp3) is 0.600. The third-order valence-electron chi connectivity index (χ3n) is 2.65. The Morgan fingerprint density at radius 2 is 1.71 bits per heavy atom. The molecule has 122 valence electrons. The molecule has 0 bridgehead atoms. The zero-order valence-corrected chi connectivity index (χ0v) is 14.7. The van der Waals surface area contributed by atoms with Crippen LogP contribution >= 0.6 is 19.2 Å². The Labute approximate surface area is 132 Å². The molecule has 0 amide bonds. The average Bonchev–Trinajstić information content (AvgIpc) is 2.33. The number of hydrogen-bond donors (Lipinski definition) is 2. The van der Waals surface area contributed by atoms with E-state index in [0.717, 1.165) is 19.3 Å². The van der Waals surface area contributed by atoms with Gasteiger partial charge in [-0.05, 0) is 52.5 Å².